The van der Waals surface area contributed by atoms with Crippen molar-refractivity contribution in [2.45, 2.75) is 207 Å². The molecule has 0 saturated heterocycles. The lowest BCUT2D eigenvalue weighted by Gasteiger charge is -2.18. The van der Waals surface area contributed by atoms with Crippen molar-refractivity contribution in [3.63, 3.8) is 0 Å². The summed E-state index contributed by atoms with van der Waals surface area (Å²) in [5, 5.41) is 0. The van der Waals surface area contributed by atoms with Crippen LogP contribution in [-0.2, 0) is 28.6 Å². The maximum absolute atomic E-state index is 12.7. The van der Waals surface area contributed by atoms with Crippen molar-refractivity contribution >= 4 is 17.9 Å². The number of rotatable bonds is 39. The summed E-state index contributed by atoms with van der Waals surface area (Å²) in [4.78, 5) is 37.7. The predicted molar refractivity (Wildman–Crippen MR) is 233 cm³/mol. The van der Waals surface area contributed by atoms with Crippen LogP contribution in [-0.4, -0.2) is 37.2 Å². The minimum absolute atomic E-state index is 0.0941. The van der Waals surface area contributed by atoms with Gasteiger partial charge < -0.3 is 14.2 Å². The largest absolute Gasteiger partial charge is 0.462 e. The molecule has 314 valence electrons. The van der Waals surface area contributed by atoms with Gasteiger partial charge in [0.15, 0.2) is 6.10 Å². The molecule has 6 nitrogen and oxygen atoms in total. The summed E-state index contributed by atoms with van der Waals surface area (Å²) in [5.41, 5.74) is 0. The standard InChI is InChI=1S/C49H82O6/c1-4-7-10-13-16-19-22-24-25-28-30-33-36-39-42-48(51)54-45-46(44-53-47(50)41-38-35-32-29-26-21-18-15-12-9-6-3)55-49(52)43-40-37-34-31-27-23-20-17-14-11-8-5-2/h7-8,10-11,15-20,24-25,46H,4-6,9,12-14,21-23,26-45H2,1-3H3/b10-7-,11-8-,18-15-,19-16-,20-17-,25-24-. The molecule has 0 aromatic rings. The van der Waals surface area contributed by atoms with Crippen LogP contribution in [0.5, 0.6) is 0 Å². The van der Waals surface area contributed by atoms with E-state index in [1.54, 1.807) is 0 Å². The maximum atomic E-state index is 12.7. The monoisotopic (exact) mass is 767 g/mol. The summed E-state index contributed by atoms with van der Waals surface area (Å²) >= 11 is 0. The lowest BCUT2D eigenvalue weighted by Crippen LogP contribution is -2.30. The van der Waals surface area contributed by atoms with E-state index in [1.165, 1.54) is 25.7 Å². The highest BCUT2D eigenvalue weighted by molar-refractivity contribution is 5.71. The van der Waals surface area contributed by atoms with Crippen LogP contribution in [0.25, 0.3) is 0 Å². The van der Waals surface area contributed by atoms with Crippen LogP contribution in [0.4, 0.5) is 0 Å². The number of ether oxygens (including phenoxy) is 3. The predicted octanol–water partition coefficient (Wildman–Crippen LogP) is 14.3. The molecule has 0 aromatic heterocycles. The Morgan fingerprint density at radius 3 is 1.13 bits per heavy atom. The molecular weight excluding hydrogens is 685 g/mol. The van der Waals surface area contributed by atoms with Crippen LogP contribution in [0.3, 0.4) is 0 Å². The maximum Gasteiger partial charge on any atom is 0.306 e. The van der Waals surface area contributed by atoms with Gasteiger partial charge in [-0.15, -0.1) is 0 Å². The fourth-order valence-electron chi connectivity index (χ4n) is 5.83. The zero-order valence-electron chi connectivity index (χ0n) is 35.7. The lowest BCUT2D eigenvalue weighted by molar-refractivity contribution is -0.167. The Labute approximate surface area is 338 Å². The van der Waals surface area contributed by atoms with Crippen molar-refractivity contribution in [2.24, 2.45) is 0 Å². The van der Waals surface area contributed by atoms with E-state index in [9.17, 15) is 14.4 Å². The van der Waals surface area contributed by atoms with E-state index in [4.69, 9.17) is 14.2 Å². The molecule has 0 spiro atoms. The number of allylic oxidation sites excluding steroid dienone is 12. The van der Waals surface area contributed by atoms with Gasteiger partial charge in [0.1, 0.15) is 13.2 Å². The number of hydrogen-bond acceptors (Lipinski definition) is 6. The Hall–Kier alpha value is -3.15. The van der Waals surface area contributed by atoms with E-state index < -0.39 is 6.10 Å². The Morgan fingerprint density at radius 2 is 0.709 bits per heavy atom. The SMILES string of the molecule is CC/C=C\C/C=C\C/C=C\CCCCCCC(=O)OCC(COC(=O)CCCCCCC/C=C\CCCC)OC(=O)CCCCCCC/C=C\C/C=C\CC. The molecule has 0 amide bonds. The molecule has 0 N–H and O–H groups in total. The van der Waals surface area contributed by atoms with Gasteiger partial charge in [-0.25, -0.2) is 0 Å². The van der Waals surface area contributed by atoms with Crippen molar-refractivity contribution in [3.8, 4) is 0 Å². The zero-order chi connectivity index (χ0) is 40.1. The van der Waals surface area contributed by atoms with Gasteiger partial charge in [0.05, 0.1) is 0 Å². The van der Waals surface area contributed by atoms with Gasteiger partial charge in [0.2, 0.25) is 0 Å². The third-order valence-electron chi connectivity index (χ3n) is 9.18. The van der Waals surface area contributed by atoms with E-state index in [2.05, 4.69) is 93.7 Å². The van der Waals surface area contributed by atoms with Gasteiger partial charge in [-0.2, -0.15) is 0 Å². The average Bonchev–Trinajstić information content (AvgIpc) is 3.18. The first-order valence-electron chi connectivity index (χ1n) is 22.4. The molecule has 0 radical (unpaired) electrons. The number of unbranched alkanes of at least 4 members (excludes halogenated alkanes) is 16. The Kier molecular flexibility index (Phi) is 41.1. The minimum Gasteiger partial charge on any atom is -0.462 e. The molecule has 0 aliphatic heterocycles. The summed E-state index contributed by atoms with van der Waals surface area (Å²) in [6, 6.07) is 0. The van der Waals surface area contributed by atoms with Gasteiger partial charge >= 0.3 is 17.9 Å². The van der Waals surface area contributed by atoms with Crippen LogP contribution in [0.15, 0.2) is 72.9 Å². The third kappa shape index (κ3) is 41.8. The van der Waals surface area contributed by atoms with E-state index in [0.717, 1.165) is 135 Å². The van der Waals surface area contributed by atoms with Crippen LogP contribution in [0.2, 0.25) is 0 Å². The van der Waals surface area contributed by atoms with E-state index in [-0.39, 0.29) is 31.1 Å². The van der Waals surface area contributed by atoms with Crippen molar-refractivity contribution < 1.29 is 28.6 Å². The van der Waals surface area contributed by atoms with Gasteiger partial charge in [-0.3, -0.25) is 14.4 Å². The smallest absolute Gasteiger partial charge is 0.306 e. The summed E-state index contributed by atoms with van der Waals surface area (Å²) in [6.45, 7) is 6.31. The van der Waals surface area contributed by atoms with Crippen molar-refractivity contribution in [1.82, 2.24) is 0 Å². The Balaban J connectivity index is 4.45. The molecule has 0 heterocycles. The molecule has 0 bridgehead atoms. The highest BCUT2D eigenvalue weighted by atomic mass is 16.6. The van der Waals surface area contributed by atoms with Crippen LogP contribution in [0, 0.1) is 0 Å². The molecule has 0 aromatic carbocycles. The highest BCUT2D eigenvalue weighted by Crippen LogP contribution is 2.13. The first-order chi connectivity index (χ1) is 27.0. The minimum atomic E-state index is -0.792. The third-order valence-corrected chi connectivity index (χ3v) is 9.18. The van der Waals surface area contributed by atoms with Gasteiger partial charge in [-0.1, -0.05) is 158 Å². The quantitative estimate of drug-likeness (QED) is 0.0268. The number of hydrogen-bond donors (Lipinski definition) is 0. The molecular formula is C49H82O6. The van der Waals surface area contributed by atoms with Crippen molar-refractivity contribution in [3.05, 3.63) is 72.9 Å². The van der Waals surface area contributed by atoms with Crippen molar-refractivity contribution in [1.29, 1.82) is 0 Å². The summed E-state index contributed by atoms with van der Waals surface area (Å²) in [6.07, 6.45) is 53.1. The van der Waals surface area contributed by atoms with Gasteiger partial charge in [-0.05, 0) is 96.3 Å². The highest BCUT2D eigenvalue weighted by Gasteiger charge is 2.19. The fraction of sp³-hybridized carbons (Fsp3) is 0.694. The van der Waals surface area contributed by atoms with E-state index in [0.29, 0.717) is 19.3 Å². The van der Waals surface area contributed by atoms with Crippen molar-refractivity contribution in [2.75, 3.05) is 13.2 Å². The van der Waals surface area contributed by atoms with Crippen LogP contribution < -0.4 is 0 Å². The first kappa shape index (κ1) is 51.9. The number of carbonyl (C=O) groups is 3. The second-order valence-electron chi connectivity index (χ2n) is 14.5. The van der Waals surface area contributed by atoms with Gasteiger partial charge in [0, 0.05) is 19.3 Å². The molecule has 0 fully saturated rings. The number of carbonyl (C=O) groups excluding carboxylic acids is 3. The molecule has 0 rings (SSSR count). The number of esters is 3. The summed E-state index contributed by atoms with van der Waals surface area (Å²) < 4.78 is 16.7. The van der Waals surface area contributed by atoms with E-state index >= 15 is 0 Å². The lowest BCUT2D eigenvalue weighted by atomic mass is 10.1. The van der Waals surface area contributed by atoms with E-state index in [1.807, 2.05) is 0 Å². The zero-order valence-corrected chi connectivity index (χ0v) is 35.7. The Bertz CT molecular complexity index is 1070. The topological polar surface area (TPSA) is 78.9 Å². The molecule has 0 aliphatic rings. The normalized spacial score (nSPS) is 12.7. The van der Waals surface area contributed by atoms with Crippen LogP contribution in [0.1, 0.15) is 201 Å². The molecule has 0 saturated carbocycles. The summed E-state index contributed by atoms with van der Waals surface area (Å²) in [5.74, 6) is -0.948. The average molecular weight is 767 g/mol. The molecule has 1 unspecified atom stereocenters. The first-order valence-corrected chi connectivity index (χ1v) is 22.4. The second-order valence-corrected chi connectivity index (χ2v) is 14.5. The molecule has 1 atom stereocenters. The fourth-order valence-corrected chi connectivity index (χ4v) is 5.83. The van der Waals surface area contributed by atoms with Crippen LogP contribution >= 0.6 is 0 Å². The molecule has 55 heavy (non-hydrogen) atoms. The molecule has 0 aliphatic carbocycles. The Morgan fingerprint density at radius 1 is 0.382 bits per heavy atom. The second kappa shape index (κ2) is 43.6. The molecule has 6 heteroatoms. The summed E-state index contributed by atoms with van der Waals surface area (Å²) in [7, 11) is 0. The van der Waals surface area contributed by atoms with Gasteiger partial charge in [0.25, 0.3) is 0 Å².